The molecular weight excluding hydrogens is 330 g/mol. The Labute approximate surface area is 162 Å². The van der Waals surface area contributed by atoms with Gasteiger partial charge >= 0.3 is 0 Å². The third-order valence-electron chi connectivity index (χ3n) is 4.93. The standard InChI is InChI=1S/C25H29NO/c1-20-9-5-6-13-25(20)22-11-8-12-24(19-22)26-23-16-14-21(15-17-23)10-4-2-3-7-18-27/h5-6,8-9,11-17,19,26-27H,2-4,7,10,18H2,1H3. The normalized spacial score (nSPS) is 10.7. The summed E-state index contributed by atoms with van der Waals surface area (Å²) >= 11 is 0. The van der Waals surface area contributed by atoms with E-state index in [1.165, 1.54) is 35.1 Å². The predicted octanol–water partition coefficient (Wildman–Crippen LogP) is 6.50. The van der Waals surface area contributed by atoms with Crippen molar-refractivity contribution < 1.29 is 5.11 Å². The molecule has 27 heavy (non-hydrogen) atoms. The average Bonchev–Trinajstić information content (AvgIpc) is 2.70. The number of aliphatic hydroxyl groups is 1. The maximum absolute atomic E-state index is 8.82. The van der Waals surface area contributed by atoms with Crippen molar-refractivity contribution in [1.29, 1.82) is 0 Å². The molecule has 2 nitrogen and oxygen atoms in total. The van der Waals surface area contributed by atoms with Crippen LogP contribution in [0.25, 0.3) is 11.1 Å². The van der Waals surface area contributed by atoms with E-state index in [4.69, 9.17) is 5.11 Å². The summed E-state index contributed by atoms with van der Waals surface area (Å²) < 4.78 is 0. The highest BCUT2D eigenvalue weighted by molar-refractivity contribution is 5.72. The van der Waals surface area contributed by atoms with Crippen molar-refractivity contribution in [3.8, 4) is 11.1 Å². The SMILES string of the molecule is Cc1ccccc1-c1cccc(Nc2ccc(CCCCCCO)cc2)c1. The van der Waals surface area contributed by atoms with Crippen LogP contribution >= 0.6 is 0 Å². The molecule has 140 valence electrons. The highest BCUT2D eigenvalue weighted by Gasteiger charge is 2.03. The van der Waals surface area contributed by atoms with Crippen molar-refractivity contribution in [2.45, 2.75) is 39.0 Å². The third kappa shape index (κ3) is 5.70. The van der Waals surface area contributed by atoms with E-state index in [9.17, 15) is 0 Å². The van der Waals surface area contributed by atoms with Gasteiger partial charge in [-0.25, -0.2) is 0 Å². The zero-order valence-corrected chi connectivity index (χ0v) is 16.1. The summed E-state index contributed by atoms with van der Waals surface area (Å²) in [4.78, 5) is 0. The van der Waals surface area contributed by atoms with Crippen LogP contribution in [0.15, 0.2) is 72.8 Å². The van der Waals surface area contributed by atoms with E-state index >= 15 is 0 Å². The summed E-state index contributed by atoms with van der Waals surface area (Å²) in [5.74, 6) is 0. The van der Waals surface area contributed by atoms with Crippen LogP contribution in [0.2, 0.25) is 0 Å². The van der Waals surface area contributed by atoms with Gasteiger partial charge in [-0.1, -0.05) is 61.4 Å². The maximum Gasteiger partial charge on any atom is 0.0431 e. The summed E-state index contributed by atoms with van der Waals surface area (Å²) in [6, 6.07) is 25.8. The first-order chi connectivity index (χ1) is 13.3. The molecule has 0 saturated carbocycles. The molecule has 3 rings (SSSR count). The van der Waals surface area contributed by atoms with Crippen molar-refractivity contribution in [3.63, 3.8) is 0 Å². The van der Waals surface area contributed by atoms with Gasteiger partial charge < -0.3 is 10.4 Å². The smallest absolute Gasteiger partial charge is 0.0431 e. The van der Waals surface area contributed by atoms with E-state index < -0.39 is 0 Å². The number of aliphatic hydroxyl groups excluding tert-OH is 1. The first-order valence-electron chi connectivity index (χ1n) is 9.89. The molecule has 0 aliphatic heterocycles. The van der Waals surface area contributed by atoms with Gasteiger partial charge in [0, 0.05) is 18.0 Å². The van der Waals surface area contributed by atoms with E-state index in [1.807, 2.05) is 0 Å². The molecule has 0 aliphatic rings. The second-order valence-electron chi connectivity index (χ2n) is 7.11. The van der Waals surface area contributed by atoms with Gasteiger partial charge in [0.1, 0.15) is 0 Å². The fraction of sp³-hybridized carbons (Fsp3) is 0.280. The molecule has 3 aromatic rings. The van der Waals surface area contributed by atoms with Crippen LogP contribution in [0.1, 0.15) is 36.8 Å². The number of rotatable bonds is 9. The number of nitrogens with one attached hydrogen (secondary N) is 1. The molecule has 0 radical (unpaired) electrons. The van der Waals surface area contributed by atoms with E-state index in [-0.39, 0.29) is 0 Å². The summed E-state index contributed by atoms with van der Waals surface area (Å²) in [7, 11) is 0. The molecule has 3 aromatic carbocycles. The number of benzene rings is 3. The Kier molecular flexibility index (Phi) is 7.06. The minimum absolute atomic E-state index is 0.311. The van der Waals surface area contributed by atoms with Crippen molar-refractivity contribution >= 4 is 11.4 Å². The van der Waals surface area contributed by atoms with Gasteiger partial charge in [0.2, 0.25) is 0 Å². The zero-order chi connectivity index (χ0) is 18.9. The van der Waals surface area contributed by atoms with Crippen LogP contribution in [0.4, 0.5) is 11.4 Å². The van der Waals surface area contributed by atoms with Crippen molar-refractivity contribution in [2.75, 3.05) is 11.9 Å². The Hall–Kier alpha value is -2.58. The summed E-state index contributed by atoms with van der Waals surface area (Å²) in [5.41, 5.74) is 7.39. The van der Waals surface area contributed by atoms with Gasteiger partial charge in [0.25, 0.3) is 0 Å². The van der Waals surface area contributed by atoms with Crippen LogP contribution in [-0.2, 0) is 6.42 Å². The first-order valence-corrected chi connectivity index (χ1v) is 9.89. The van der Waals surface area contributed by atoms with Crippen LogP contribution < -0.4 is 5.32 Å². The molecule has 0 atom stereocenters. The fourth-order valence-electron chi connectivity index (χ4n) is 3.38. The fourth-order valence-corrected chi connectivity index (χ4v) is 3.38. The van der Waals surface area contributed by atoms with Crippen LogP contribution in [0.3, 0.4) is 0 Å². The zero-order valence-electron chi connectivity index (χ0n) is 16.1. The minimum atomic E-state index is 0.311. The molecular formula is C25H29NO. The molecule has 0 spiro atoms. The highest BCUT2D eigenvalue weighted by Crippen LogP contribution is 2.27. The molecule has 2 N–H and O–H groups in total. The molecule has 0 saturated heterocycles. The summed E-state index contributed by atoms with van der Waals surface area (Å²) in [5, 5.41) is 12.3. The highest BCUT2D eigenvalue weighted by atomic mass is 16.2. The van der Waals surface area contributed by atoms with Gasteiger partial charge in [-0.3, -0.25) is 0 Å². The van der Waals surface area contributed by atoms with E-state index in [0.29, 0.717) is 6.61 Å². The second-order valence-corrected chi connectivity index (χ2v) is 7.11. The van der Waals surface area contributed by atoms with Gasteiger partial charge in [-0.05, 0) is 72.7 Å². The number of hydrogen-bond acceptors (Lipinski definition) is 2. The van der Waals surface area contributed by atoms with Gasteiger partial charge in [-0.15, -0.1) is 0 Å². The van der Waals surface area contributed by atoms with Crippen molar-refractivity contribution in [2.24, 2.45) is 0 Å². The van der Waals surface area contributed by atoms with E-state index in [2.05, 4.69) is 85.0 Å². The van der Waals surface area contributed by atoms with E-state index in [1.54, 1.807) is 0 Å². The van der Waals surface area contributed by atoms with Gasteiger partial charge in [0.05, 0.1) is 0 Å². The number of unbranched alkanes of at least 4 members (excludes halogenated alkanes) is 3. The largest absolute Gasteiger partial charge is 0.396 e. The Balaban J connectivity index is 1.61. The Bertz CT molecular complexity index is 839. The van der Waals surface area contributed by atoms with Crippen molar-refractivity contribution in [1.82, 2.24) is 0 Å². The monoisotopic (exact) mass is 359 g/mol. The number of anilines is 2. The minimum Gasteiger partial charge on any atom is -0.396 e. The number of aryl methyl sites for hydroxylation is 2. The van der Waals surface area contributed by atoms with Gasteiger partial charge in [-0.2, -0.15) is 0 Å². The first kappa shape index (κ1) is 19.2. The topological polar surface area (TPSA) is 32.3 Å². The Morgan fingerprint density at radius 3 is 2.30 bits per heavy atom. The lowest BCUT2D eigenvalue weighted by Crippen LogP contribution is -1.92. The molecule has 0 aliphatic carbocycles. The Morgan fingerprint density at radius 2 is 1.52 bits per heavy atom. The molecule has 0 unspecified atom stereocenters. The van der Waals surface area contributed by atoms with E-state index in [0.717, 1.165) is 30.6 Å². The lowest BCUT2D eigenvalue weighted by atomic mass is 10.0. The average molecular weight is 360 g/mol. The maximum atomic E-state index is 8.82. The molecule has 2 heteroatoms. The van der Waals surface area contributed by atoms with Gasteiger partial charge in [0.15, 0.2) is 0 Å². The molecule has 0 heterocycles. The van der Waals surface area contributed by atoms with Crippen LogP contribution in [0, 0.1) is 6.92 Å². The number of hydrogen-bond donors (Lipinski definition) is 2. The summed E-state index contributed by atoms with van der Waals surface area (Å²) in [6.07, 6.45) is 5.52. The quantitative estimate of drug-likeness (QED) is 0.427. The molecule has 0 fully saturated rings. The predicted molar refractivity (Wildman–Crippen MR) is 116 cm³/mol. The lowest BCUT2D eigenvalue weighted by Gasteiger charge is -2.11. The van der Waals surface area contributed by atoms with Crippen LogP contribution in [-0.4, -0.2) is 11.7 Å². The molecule has 0 amide bonds. The Morgan fingerprint density at radius 1 is 0.741 bits per heavy atom. The molecule has 0 bridgehead atoms. The van der Waals surface area contributed by atoms with Crippen molar-refractivity contribution in [3.05, 3.63) is 83.9 Å². The second kappa shape index (κ2) is 9.94. The molecule has 0 aromatic heterocycles. The summed E-state index contributed by atoms with van der Waals surface area (Å²) in [6.45, 7) is 2.46. The van der Waals surface area contributed by atoms with Crippen LogP contribution in [0.5, 0.6) is 0 Å². The third-order valence-corrected chi connectivity index (χ3v) is 4.93. The lowest BCUT2D eigenvalue weighted by molar-refractivity contribution is 0.282.